The smallest absolute Gasteiger partial charge is 0.318 e. The molecule has 6 heteroatoms. The topological polar surface area (TPSA) is 50.3 Å². The van der Waals surface area contributed by atoms with E-state index in [1.54, 1.807) is 13.3 Å². The molecule has 0 aliphatic carbocycles. The predicted octanol–water partition coefficient (Wildman–Crippen LogP) is 2.64. The van der Waals surface area contributed by atoms with Crippen LogP contribution in [0.1, 0.15) is 39.0 Å². The molecule has 2 unspecified atom stereocenters. The van der Waals surface area contributed by atoms with E-state index in [1.807, 2.05) is 0 Å². The average molecular weight is 311 g/mol. The fourth-order valence-electron chi connectivity index (χ4n) is 3.63. The fraction of sp³-hybridized carbons (Fsp3) is 0.733. The summed E-state index contributed by atoms with van der Waals surface area (Å²) >= 11 is 6.35. The molecule has 21 heavy (non-hydrogen) atoms. The number of rotatable bonds is 5. The van der Waals surface area contributed by atoms with Crippen molar-refractivity contribution in [3.63, 3.8) is 0 Å². The van der Waals surface area contributed by atoms with E-state index in [0.29, 0.717) is 29.2 Å². The lowest BCUT2D eigenvalue weighted by Crippen LogP contribution is -2.49. The highest BCUT2D eigenvalue weighted by Gasteiger charge is 2.36. The second-order valence-corrected chi connectivity index (χ2v) is 6.39. The molecule has 3 heterocycles. The minimum Gasteiger partial charge on any atom is -0.467 e. The Morgan fingerprint density at radius 1 is 1.38 bits per heavy atom. The van der Waals surface area contributed by atoms with Gasteiger partial charge < -0.3 is 15.0 Å². The molecule has 2 aliphatic rings. The first kappa shape index (κ1) is 14.9. The maximum Gasteiger partial charge on any atom is 0.318 e. The van der Waals surface area contributed by atoms with E-state index < -0.39 is 0 Å². The molecule has 1 N–H and O–H groups in total. The Balaban J connectivity index is 1.87. The summed E-state index contributed by atoms with van der Waals surface area (Å²) in [6.07, 6.45) is 7.63. The van der Waals surface area contributed by atoms with Crippen molar-refractivity contribution in [3.8, 4) is 6.01 Å². The van der Waals surface area contributed by atoms with Crippen LogP contribution in [-0.2, 0) is 0 Å². The van der Waals surface area contributed by atoms with Gasteiger partial charge in [0.05, 0.1) is 13.3 Å². The van der Waals surface area contributed by atoms with Crippen molar-refractivity contribution >= 4 is 17.4 Å². The quantitative estimate of drug-likeness (QED) is 0.906. The van der Waals surface area contributed by atoms with E-state index in [2.05, 4.69) is 27.1 Å². The molecule has 0 amide bonds. The Morgan fingerprint density at radius 2 is 2.10 bits per heavy atom. The minimum atomic E-state index is 0.382. The first-order valence-corrected chi connectivity index (χ1v) is 8.18. The van der Waals surface area contributed by atoms with E-state index in [1.165, 1.54) is 25.7 Å². The number of aromatic nitrogens is 2. The molecule has 2 saturated heterocycles. The highest BCUT2D eigenvalue weighted by molar-refractivity contribution is 6.32. The second-order valence-electron chi connectivity index (χ2n) is 5.98. The molecule has 0 saturated carbocycles. The third-order valence-corrected chi connectivity index (χ3v) is 4.78. The average Bonchev–Trinajstić information content (AvgIpc) is 2.84. The summed E-state index contributed by atoms with van der Waals surface area (Å²) < 4.78 is 5.16. The summed E-state index contributed by atoms with van der Waals surface area (Å²) in [4.78, 5) is 10.9. The van der Waals surface area contributed by atoms with Crippen LogP contribution in [0.25, 0.3) is 0 Å². The van der Waals surface area contributed by atoms with Gasteiger partial charge in [0.1, 0.15) is 5.02 Å². The third kappa shape index (κ3) is 3.09. The van der Waals surface area contributed by atoms with Crippen LogP contribution < -0.4 is 15.0 Å². The van der Waals surface area contributed by atoms with Gasteiger partial charge in [0.25, 0.3) is 0 Å². The highest BCUT2D eigenvalue weighted by atomic mass is 35.5. The number of ether oxygens (including phenoxy) is 1. The van der Waals surface area contributed by atoms with Gasteiger partial charge in [-0.3, -0.25) is 0 Å². The summed E-state index contributed by atoms with van der Waals surface area (Å²) in [5.74, 6) is 0.816. The normalized spacial score (nSPS) is 27.7. The molecule has 5 nitrogen and oxygen atoms in total. The molecular weight excluding hydrogens is 288 g/mol. The van der Waals surface area contributed by atoms with Crippen molar-refractivity contribution in [2.24, 2.45) is 0 Å². The zero-order chi connectivity index (χ0) is 14.8. The zero-order valence-corrected chi connectivity index (χ0v) is 13.4. The van der Waals surface area contributed by atoms with Gasteiger partial charge in [0.15, 0.2) is 5.82 Å². The maximum absolute atomic E-state index is 6.35. The first-order chi connectivity index (χ1) is 10.2. The van der Waals surface area contributed by atoms with Crippen LogP contribution in [0.2, 0.25) is 5.02 Å². The molecule has 1 aromatic rings. The Morgan fingerprint density at radius 3 is 2.71 bits per heavy atom. The Labute approximate surface area is 131 Å². The summed E-state index contributed by atoms with van der Waals surface area (Å²) in [6.45, 7) is 3.15. The van der Waals surface area contributed by atoms with Crippen LogP contribution >= 0.6 is 11.6 Å². The van der Waals surface area contributed by atoms with Gasteiger partial charge in [0.2, 0.25) is 0 Å². The monoisotopic (exact) mass is 310 g/mol. The van der Waals surface area contributed by atoms with Crippen molar-refractivity contribution < 1.29 is 4.74 Å². The molecule has 0 spiro atoms. The second kappa shape index (κ2) is 6.36. The van der Waals surface area contributed by atoms with Crippen molar-refractivity contribution in [3.05, 3.63) is 11.2 Å². The Bertz CT molecular complexity index is 487. The van der Waals surface area contributed by atoms with Crippen molar-refractivity contribution in [1.29, 1.82) is 0 Å². The number of nitrogens with zero attached hydrogens (tertiary/aromatic N) is 3. The molecule has 116 valence electrons. The van der Waals surface area contributed by atoms with Gasteiger partial charge in [-0.05, 0) is 32.1 Å². The third-order valence-electron chi connectivity index (χ3n) is 4.51. The minimum absolute atomic E-state index is 0.382. The molecule has 0 radical (unpaired) electrons. The number of anilines is 1. The Kier molecular flexibility index (Phi) is 4.50. The fourth-order valence-corrected chi connectivity index (χ4v) is 3.83. The molecule has 2 fully saturated rings. The number of nitrogens with one attached hydrogen (secondary N) is 1. The first-order valence-electron chi connectivity index (χ1n) is 7.80. The van der Waals surface area contributed by atoms with Gasteiger partial charge in [0, 0.05) is 24.7 Å². The standard InChI is InChI=1S/C15H23ClN4O/c1-3-6-20(12-7-10-4-5-11(8-12)18-10)14-13(16)9-17-15(19-14)21-2/h9-12,18H,3-8H2,1-2H3. The number of fused-ring (bicyclic) bond motifs is 2. The zero-order valence-electron chi connectivity index (χ0n) is 12.7. The van der Waals surface area contributed by atoms with Crippen LogP contribution in [-0.4, -0.2) is 41.7 Å². The summed E-state index contributed by atoms with van der Waals surface area (Å²) in [7, 11) is 1.59. The summed E-state index contributed by atoms with van der Waals surface area (Å²) in [5, 5.41) is 4.30. The van der Waals surface area contributed by atoms with Crippen LogP contribution in [0.4, 0.5) is 5.82 Å². The lowest BCUT2D eigenvalue weighted by atomic mass is 9.98. The highest BCUT2D eigenvalue weighted by Crippen LogP contribution is 2.34. The summed E-state index contributed by atoms with van der Waals surface area (Å²) in [5.41, 5.74) is 0. The van der Waals surface area contributed by atoms with Gasteiger partial charge >= 0.3 is 6.01 Å². The van der Waals surface area contributed by atoms with Crippen molar-refractivity contribution in [2.45, 2.75) is 57.2 Å². The molecule has 0 aromatic carbocycles. The number of hydrogen-bond acceptors (Lipinski definition) is 5. The number of hydrogen-bond donors (Lipinski definition) is 1. The molecule has 3 rings (SSSR count). The van der Waals surface area contributed by atoms with Crippen molar-refractivity contribution in [2.75, 3.05) is 18.6 Å². The van der Waals surface area contributed by atoms with E-state index in [0.717, 1.165) is 18.8 Å². The van der Waals surface area contributed by atoms with E-state index in [9.17, 15) is 0 Å². The number of methoxy groups -OCH3 is 1. The van der Waals surface area contributed by atoms with Crippen LogP contribution in [0.15, 0.2) is 6.20 Å². The lowest BCUT2D eigenvalue weighted by Gasteiger charge is -2.38. The molecular formula is C15H23ClN4O. The predicted molar refractivity (Wildman–Crippen MR) is 84.2 cm³/mol. The van der Waals surface area contributed by atoms with Gasteiger partial charge in [-0.25, -0.2) is 4.98 Å². The van der Waals surface area contributed by atoms with Crippen molar-refractivity contribution in [1.82, 2.24) is 15.3 Å². The molecule has 2 aliphatic heterocycles. The van der Waals surface area contributed by atoms with E-state index in [-0.39, 0.29) is 0 Å². The Hall–Kier alpha value is -1.07. The van der Waals surface area contributed by atoms with Gasteiger partial charge in [-0.15, -0.1) is 0 Å². The summed E-state index contributed by atoms with van der Waals surface area (Å²) in [6, 6.07) is 2.18. The van der Waals surface area contributed by atoms with Crippen LogP contribution in [0, 0.1) is 0 Å². The van der Waals surface area contributed by atoms with Gasteiger partial charge in [-0.2, -0.15) is 4.98 Å². The van der Waals surface area contributed by atoms with Crippen LogP contribution in [0.3, 0.4) is 0 Å². The van der Waals surface area contributed by atoms with Crippen LogP contribution in [0.5, 0.6) is 6.01 Å². The van der Waals surface area contributed by atoms with E-state index in [4.69, 9.17) is 16.3 Å². The van der Waals surface area contributed by atoms with E-state index >= 15 is 0 Å². The SMILES string of the molecule is CCCN(c1nc(OC)ncc1Cl)C1CC2CCC(C1)N2. The number of piperidine rings is 1. The molecule has 2 atom stereocenters. The molecule has 1 aromatic heterocycles. The largest absolute Gasteiger partial charge is 0.467 e. The number of halogens is 1. The van der Waals surface area contributed by atoms with Gasteiger partial charge in [-0.1, -0.05) is 18.5 Å². The maximum atomic E-state index is 6.35. The molecule has 2 bridgehead atoms. The lowest BCUT2D eigenvalue weighted by molar-refractivity contribution is 0.343.